The zero-order valence-electron chi connectivity index (χ0n) is 9.97. The fourth-order valence-electron chi connectivity index (χ4n) is 1.65. The second kappa shape index (κ2) is 6.37. The third-order valence-electron chi connectivity index (χ3n) is 2.59. The standard InChI is InChI=1S/C14H11ClN2OS/c15-13-7-6-11(19-13)9-17-14(18)12(8-16)10-4-2-1-3-5-10/h1-7,12H,9H2,(H,17,18). The van der Waals surface area contributed by atoms with Crippen LogP contribution in [0.2, 0.25) is 4.34 Å². The minimum absolute atomic E-state index is 0.293. The van der Waals surface area contributed by atoms with Crippen LogP contribution in [0, 0.1) is 11.3 Å². The summed E-state index contributed by atoms with van der Waals surface area (Å²) < 4.78 is 0.684. The lowest BCUT2D eigenvalue weighted by molar-refractivity contribution is -0.121. The maximum absolute atomic E-state index is 12.0. The fourth-order valence-corrected chi connectivity index (χ4v) is 2.68. The minimum atomic E-state index is -0.781. The quantitative estimate of drug-likeness (QED) is 0.939. The Kier molecular flexibility index (Phi) is 4.56. The van der Waals surface area contributed by atoms with Crippen molar-refractivity contribution < 1.29 is 4.79 Å². The van der Waals surface area contributed by atoms with E-state index in [1.54, 1.807) is 18.2 Å². The number of hydrogen-bond donors (Lipinski definition) is 1. The number of hydrogen-bond acceptors (Lipinski definition) is 3. The molecule has 1 aromatic heterocycles. The molecule has 2 rings (SSSR count). The summed E-state index contributed by atoms with van der Waals surface area (Å²) in [4.78, 5) is 13.0. The maximum Gasteiger partial charge on any atom is 0.242 e. The second-order valence-electron chi connectivity index (χ2n) is 3.90. The first-order valence-electron chi connectivity index (χ1n) is 5.67. The molecule has 0 spiro atoms. The highest BCUT2D eigenvalue weighted by Gasteiger charge is 2.19. The Bertz CT molecular complexity index is 603. The molecule has 0 aliphatic carbocycles. The van der Waals surface area contributed by atoms with Crippen molar-refractivity contribution in [2.24, 2.45) is 0 Å². The molecule has 0 aliphatic rings. The van der Waals surface area contributed by atoms with E-state index < -0.39 is 5.92 Å². The lowest BCUT2D eigenvalue weighted by Gasteiger charge is -2.09. The summed E-state index contributed by atoms with van der Waals surface area (Å²) in [5.74, 6) is -1.07. The molecule has 0 radical (unpaired) electrons. The van der Waals surface area contributed by atoms with Gasteiger partial charge in [0.25, 0.3) is 0 Å². The summed E-state index contributed by atoms with van der Waals surface area (Å²) in [6, 6.07) is 14.7. The number of rotatable bonds is 4. The summed E-state index contributed by atoms with van der Waals surface area (Å²) in [6.45, 7) is 0.390. The van der Waals surface area contributed by atoms with E-state index in [1.165, 1.54) is 11.3 Å². The zero-order chi connectivity index (χ0) is 13.7. The minimum Gasteiger partial charge on any atom is -0.350 e. The van der Waals surface area contributed by atoms with Crippen LogP contribution in [0.15, 0.2) is 42.5 Å². The van der Waals surface area contributed by atoms with E-state index in [4.69, 9.17) is 16.9 Å². The molecule has 1 unspecified atom stereocenters. The van der Waals surface area contributed by atoms with Crippen molar-refractivity contribution in [3.8, 4) is 6.07 Å². The smallest absolute Gasteiger partial charge is 0.242 e. The highest BCUT2D eigenvalue weighted by molar-refractivity contribution is 7.16. The molecule has 1 aromatic carbocycles. The predicted molar refractivity (Wildman–Crippen MR) is 76.0 cm³/mol. The monoisotopic (exact) mass is 290 g/mol. The van der Waals surface area contributed by atoms with Crippen molar-refractivity contribution in [1.82, 2.24) is 5.32 Å². The van der Waals surface area contributed by atoms with Crippen LogP contribution in [-0.2, 0) is 11.3 Å². The topological polar surface area (TPSA) is 52.9 Å². The van der Waals surface area contributed by atoms with E-state index in [0.29, 0.717) is 16.4 Å². The number of benzene rings is 1. The molecular weight excluding hydrogens is 280 g/mol. The number of carbonyl (C=O) groups excluding carboxylic acids is 1. The second-order valence-corrected chi connectivity index (χ2v) is 5.70. The molecule has 2 aromatic rings. The van der Waals surface area contributed by atoms with Crippen molar-refractivity contribution in [1.29, 1.82) is 5.26 Å². The van der Waals surface area contributed by atoms with Crippen molar-refractivity contribution in [3.63, 3.8) is 0 Å². The molecule has 1 N–H and O–H groups in total. The van der Waals surface area contributed by atoms with Gasteiger partial charge >= 0.3 is 0 Å². The molecule has 3 nitrogen and oxygen atoms in total. The first-order chi connectivity index (χ1) is 9.20. The van der Waals surface area contributed by atoms with Gasteiger partial charge in [0.05, 0.1) is 17.0 Å². The molecule has 1 heterocycles. The van der Waals surface area contributed by atoms with Gasteiger partial charge in [-0.25, -0.2) is 0 Å². The molecule has 0 aliphatic heterocycles. The highest BCUT2D eigenvalue weighted by Crippen LogP contribution is 2.21. The number of thiophene rings is 1. The van der Waals surface area contributed by atoms with E-state index in [-0.39, 0.29) is 5.91 Å². The molecule has 0 fully saturated rings. The Morgan fingerprint density at radius 3 is 2.63 bits per heavy atom. The third-order valence-corrected chi connectivity index (χ3v) is 3.82. The first kappa shape index (κ1) is 13.6. The summed E-state index contributed by atoms with van der Waals surface area (Å²) in [7, 11) is 0. The van der Waals surface area contributed by atoms with Crippen molar-refractivity contribution in [2.45, 2.75) is 12.5 Å². The molecular formula is C14H11ClN2OS. The SMILES string of the molecule is N#CC(C(=O)NCc1ccc(Cl)s1)c1ccccc1. The van der Waals surface area contributed by atoms with Gasteiger partial charge < -0.3 is 5.32 Å². The molecule has 0 bridgehead atoms. The average Bonchev–Trinajstić information content (AvgIpc) is 2.84. The van der Waals surface area contributed by atoms with Crippen LogP contribution in [0.1, 0.15) is 16.4 Å². The van der Waals surface area contributed by atoms with E-state index >= 15 is 0 Å². The number of amides is 1. The van der Waals surface area contributed by atoms with Crippen LogP contribution in [0.5, 0.6) is 0 Å². The van der Waals surface area contributed by atoms with Crippen molar-refractivity contribution in [3.05, 3.63) is 57.2 Å². The molecule has 0 saturated carbocycles. The van der Waals surface area contributed by atoms with Crippen LogP contribution in [0.3, 0.4) is 0 Å². The van der Waals surface area contributed by atoms with Crippen LogP contribution >= 0.6 is 22.9 Å². The summed E-state index contributed by atoms with van der Waals surface area (Å²) in [6.07, 6.45) is 0. The summed E-state index contributed by atoms with van der Waals surface area (Å²) in [5, 5.41) is 11.9. The highest BCUT2D eigenvalue weighted by atomic mass is 35.5. The van der Waals surface area contributed by atoms with Gasteiger partial charge in [0, 0.05) is 4.88 Å². The fraction of sp³-hybridized carbons (Fsp3) is 0.143. The van der Waals surface area contributed by atoms with Crippen LogP contribution in [-0.4, -0.2) is 5.91 Å². The van der Waals surface area contributed by atoms with Gasteiger partial charge in [0.15, 0.2) is 0 Å². The largest absolute Gasteiger partial charge is 0.350 e. The number of carbonyl (C=O) groups is 1. The van der Waals surface area contributed by atoms with Gasteiger partial charge in [-0.05, 0) is 17.7 Å². The molecule has 96 valence electrons. The lowest BCUT2D eigenvalue weighted by atomic mass is 10.00. The number of nitrogens with zero attached hydrogens (tertiary/aromatic N) is 1. The molecule has 0 saturated heterocycles. The van der Waals surface area contributed by atoms with Crippen LogP contribution < -0.4 is 5.32 Å². The Hall–Kier alpha value is -1.83. The summed E-state index contributed by atoms with van der Waals surface area (Å²) in [5.41, 5.74) is 0.701. The Morgan fingerprint density at radius 1 is 1.32 bits per heavy atom. The normalized spacial score (nSPS) is 11.6. The van der Waals surface area contributed by atoms with Crippen molar-refractivity contribution >= 4 is 28.8 Å². The van der Waals surface area contributed by atoms with Crippen molar-refractivity contribution in [2.75, 3.05) is 0 Å². The first-order valence-corrected chi connectivity index (χ1v) is 6.86. The van der Waals surface area contributed by atoms with Gasteiger partial charge in [-0.2, -0.15) is 5.26 Å². The maximum atomic E-state index is 12.0. The van der Waals surface area contributed by atoms with Crippen LogP contribution in [0.4, 0.5) is 0 Å². The summed E-state index contributed by atoms with van der Waals surface area (Å²) >= 11 is 7.23. The number of halogens is 1. The third kappa shape index (κ3) is 3.57. The molecule has 5 heteroatoms. The van der Waals surface area contributed by atoms with E-state index in [1.807, 2.05) is 30.3 Å². The van der Waals surface area contributed by atoms with E-state index in [2.05, 4.69) is 5.32 Å². The van der Waals surface area contributed by atoms with Crippen LogP contribution in [0.25, 0.3) is 0 Å². The molecule has 1 atom stereocenters. The Balaban J connectivity index is 2.00. The van der Waals surface area contributed by atoms with Gasteiger partial charge in [-0.15, -0.1) is 11.3 Å². The number of nitrogens with one attached hydrogen (secondary N) is 1. The molecule has 19 heavy (non-hydrogen) atoms. The van der Waals surface area contributed by atoms with Gasteiger partial charge in [0.1, 0.15) is 5.92 Å². The molecule has 1 amide bonds. The van der Waals surface area contributed by atoms with Gasteiger partial charge in [0.2, 0.25) is 5.91 Å². The van der Waals surface area contributed by atoms with Gasteiger partial charge in [-0.3, -0.25) is 4.79 Å². The van der Waals surface area contributed by atoms with E-state index in [0.717, 1.165) is 4.88 Å². The van der Waals surface area contributed by atoms with E-state index in [9.17, 15) is 4.79 Å². The predicted octanol–water partition coefficient (Wildman–Crippen LogP) is 3.33. The lowest BCUT2D eigenvalue weighted by Crippen LogP contribution is -2.27. The zero-order valence-corrected chi connectivity index (χ0v) is 11.5. The van der Waals surface area contributed by atoms with Gasteiger partial charge in [-0.1, -0.05) is 41.9 Å². The Morgan fingerprint density at radius 2 is 2.05 bits per heavy atom. The number of nitriles is 1. The average molecular weight is 291 g/mol. The Labute approximate surface area is 120 Å².